The number of H-pyrrole nitrogens is 1. The number of nitrogens with zero attached hydrogens (tertiary/aromatic N) is 2. The van der Waals surface area contributed by atoms with Gasteiger partial charge in [-0.05, 0) is 39.3 Å². The highest BCUT2D eigenvalue weighted by Gasteiger charge is 2.10. The van der Waals surface area contributed by atoms with E-state index in [2.05, 4.69) is 20.3 Å². The summed E-state index contributed by atoms with van der Waals surface area (Å²) in [6.07, 6.45) is 5.60. The summed E-state index contributed by atoms with van der Waals surface area (Å²) >= 11 is 5.72. The van der Waals surface area contributed by atoms with E-state index >= 15 is 0 Å². The van der Waals surface area contributed by atoms with Gasteiger partial charge in [-0.25, -0.2) is 9.97 Å². The van der Waals surface area contributed by atoms with Crippen LogP contribution in [0.2, 0.25) is 5.15 Å². The minimum Gasteiger partial charge on any atom is -0.395 e. The number of aliphatic hydroxyl groups excluding tert-OH is 1. The van der Waals surface area contributed by atoms with Crippen molar-refractivity contribution in [3.05, 3.63) is 23.7 Å². The van der Waals surface area contributed by atoms with E-state index in [0.29, 0.717) is 17.8 Å². The van der Waals surface area contributed by atoms with Gasteiger partial charge in [0.2, 0.25) is 0 Å². The molecular weight excluding hydrogens is 308 g/mol. The van der Waals surface area contributed by atoms with E-state index in [0.717, 1.165) is 24.0 Å². The Kier molecular flexibility index (Phi) is 7.70. The molecule has 22 heavy (non-hydrogen) atoms. The maximum atomic E-state index is 8.50. The molecule has 3 heterocycles. The number of hydrogen-bond acceptors (Lipinski definition) is 6. The Morgan fingerprint density at radius 3 is 2.50 bits per heavy atom. The average Bonchev–Trinajstić information content (AvgIpc) is 3.09. The van der Waals surface area contributed by atoms with Crippen molar-refractivity contribution < 1.29 is 15.3 Å². The molecule has 1 atom stereocenters. The van der Waals surface area contributed by atoms with Crippen LogP contribution in [-0.4, -0.2) is 55.3 Å². The fourth-order valence-electron chi connectivity index (χ4n) is 1.75. The fraction of sp³-hybridized carbons (Fsp3) is 0.571. The lowest BCUT2D eigenvalue weighted by atomic mass is 10.2. The summed E-state index contributed by atoms with van der Waals surface area (Å²) in [6.45, 7) is 3.99. The molecule has 0 spiro atoms. The summed E-state index contributed by atoms with van der Waals surface area (Å²) in [7, 11) is 0. The largest absolute Gasteiger partial charge is 0.395 e. The van der Waals surface area contributed by atoms with E-state index in [9.17, 15) is 0 Å². The summed E-state index contributed by atoms with van der Waals surface area (Å²) in [6, 6.07) is 2.25. The molecule has 124 valence electrons. The monoisotopic (exact) mass is 330 g/mol. The van der Waals surface area contributed by atoms with Crippen LogP contribution < -0.4 is 5.32 Å². The number of aliphatic hydroxyl groups is 3. The molecule has 1 unspecified atom stereocenters. The molecule has 1 aliphatic rings. The summed E-state index contributed by atoms with van der Waals surface area (Å²) in [5.74, 6) is -1.50. The van der Waals surface area contributed by atoms with Crippen LogP contribution in [-0.2, 0) is 0 Å². The molecule has 7 nitrogen and oxygen atoms in total. The maximum Gasteiger partial charge on any atom is 0.156 e. The number of rotatable bonds is 1. The summed E-state index contributed by atoms with van der Waals surface area (Å²) in [5, 5.41) is 28.3. The molecular formula is C14H23ClN4O3. The van der Waals surface area contributed by atoms with E-state index in [1.807, 2.05) is 6.07 Å². The van der Waals surface area contributed by atoms with Gasteiger partial charge < -0.3 is 25.6 Å². The number of halogens is 1. The van der Waals surface area contributed by atoms with E-state index in [-0.39, 0.29) is 0 Å². The van der Waals surface area contributed by atoms with Crippen molar-refractivity contribution in [2.75, 3.05) is 13.2 Å². The predicted octanol–water partition coefficient (Wildman–Crippen LogP) is 1.05. The van der Waals surface area contributed by atoms with Crippen molar-refractivity contribution in [3.8, 4) is 0 Å². The normalized spacial score (nSPS) is 17.5. The van der Waals surface area contributed by atoms with E-state index < -0.39 is 5.79 Å². The minimum atomic E-state index is -1.50. The fourth-order valence-corrected chi connectivity index (χ4v) is 1.95. The standard InChI is InChI=1S/C6H4ClN3.C5H11NO.C3H8O2/c7-6-5-4(1-2-8-5)9-3-10-6;7-4-5-2-1-3-6-5;1-3(2,4)5/h1-3,8H;5-7H,1-4H2;4-5H,1-2H3. The van der Waals surface area contributed by atoms with Gasteiger partial charge in [-0.3, -0.25) is 0 Å². The third-order valence-electron chi connectivity index (χ3n) is 2.68. The van der Waals surface area contributed by atoms with Crippen molar-refractivity contribution in [2.24, 2.45) is 0 Å². The zero-order valence-corrected chi connectivity index (χ0v) is 13.5. The van der Waals surface area contributed by atoms with Crippen LogP contribution in [0.1, 0.15) is 26.7 Å². The summed E-state index contributed by atoms with van der Waals surface area (Å²) in [4.78, 5) is 10.7. The second-order valence-corrected chi connectivity index (χ2v) is 5.73. The second kappa shape index (κ2) is 9.02. The molecule has 1 aliphatic heterocycles. The van der Waals surface area contributed by atoms with E-state index in [4.69, 9.17) is 26.9 Å². The van der Waals surface area contributed by atoms with Crippen LogP contribution in [0.15, 0.2) is 18.6 Å². The van der Waals surface area contributed by atoms with Crippen LogP contribution in [0.4, 0.5) is 0 Å². The quantitative estimate of drug-likeness (QED) is 0.394. The molecule has 0 aromatic carbocycles. The second-order valence-electron chi connectivity index (χ2n) is 5.37. The topological polar surface area (TPSA) is 114 Å². The number of aromatic nitrogens is 3. The van der Waals surface area contributed by atoms with Gasteiger partial charge in [0.1, 0.15) is 11.8 Å². The maximum absolute atomic E-state index is 8.50. The number of fused-ring (bicyclic) bond motifs is 1. The van der Waals surface area contributed by atoms with E-state index in [1.54, 1.807) is 6.20 Å². The molecule has 0 bridgehead atoms. The van der Waals surface area contributed by atoms with Crippen molar-refractivity contribution >= 4 is 22.6 Å². The zero-order chi connectivity index (χ0) is 16.6. The van der Waals surface area contributed by atoms with Gasteiger partial charge in [0.15, 0.2) is 10.9 Å². The molecule has 0 saturated carbocycles. The van der Waals surface area contributed by atoms with Gasteiger partial charge in [0, 0.05) is 12.2 Å². The zero-order valence-electron chi connectivity index (χ0n) is 12.8. The highest BCUT2D eigenvalue weighted by Crippen LogP contribution is 2.15. The first-order valence-electron chi connectivity index (χ1n) is 7.04. The highest BCUT2D eigenvalue weighted by atomic mass is 35.5. The van der Waals surface area contributed by atoms with Gasteiger partial charge in [-0.15, -0.1) is 0 Å². The van der Waals surface area contributed by atoms with Gasteiger partial charge in [-0.2, -0.15) is 0 Å². The van der Waals surface area contributed by atoms with E-state index in [1.165, 1.54) is 26.6 Å². The Hall–Kier alpha value is -1.25. The number of nitrogens with one attached hydrogen (secondary N) is 2. The van der Waals surface area contributed by atoms with Crippen molar-refractivity contribution in [3.63, 3.8) is 0 Å². The van der Waals surface area contributed by atoms with Gasteiger partial charge in [0.05, 0.1) is 12.1 Å². The van der Waals surface area contributed by atoms with Crippen LogP contribution in [0.3, 0.4) is 0 Å². The molecule has 0 amide bonds. The Bertz CT molecular complexity index is 544. The number of aromatic amines is 1. The Morgan fingerprint density at radius 1 is 1.36 bits per heavy atom. The Balaban J connectivity index is 0.000000178. The summed E-state index contributed by atoms with van der Waals surface area (Å²) in [5.41, 5.74) is 1.64. The van der Waals surface area contributed by atoms with Crippen LogP contribution in [0.25, 0.3) is 11.0 Å². The molecule has 1 saturated heterocycles. The third kappa shape index (κ3) is 7.67. The Labute approximate surface area is 134 Å². The number of hydrogen-bond donors (Lipinski definition) is 5. The van der Waals surface area contributed by atoms with Crippen LogP contribution in [0, 0.1) is 0 Å². The van der Waals surface area contributed by atoms with Gasteiger partial charge in [-0.1, -0.05) is 11.6 Å². The smallest absolute Gasteiger partial charge is 0.156 e. The predicted molar refractivity (Wildman–Crippen MR) is 85.5 cm³/mol. The van der Waals surface area contributed by atoms with Crippen molar-refractivity contribution in [2.45, 2.75) is 38.5 Å². The van der Waals surface area contributed by atoms with Crippen LogP contribution in [0.5, 0.6) is 0 Å². The van der Waals surface area contributed by atoms with Gasteiger partial charge >= 0.3 is 0 Å². The molecule has 2 aromatic heterocycles. The molecule has 1 fully saturated rings. The molecule has 2 aromatic rings. The Morgan fingerprint density at radius 2 is 2.05 bits per heavy atom. The lowest BCUT2D eigenvalue weighted by molar-refractivity contribution is -0.127. The molecule has 0 aliphatic carbocycles. The first-order chi connectivity index (χ1) is 10.3. The first-order valence-corrected chi connectivity index (χ1v) is 7.41. The first kappa shape index (κ1) is 18.8. The highest BCUT2D eigenvalue weighted by molar-refractivity contribution is 6.33. The minimum absolute atomic E-state index is 0.306. The van der Waals surface area contributed by atoms with Gasteiger partial charge in [0.25, 0.3) is 0 Å². The SMILES string of the molecule is CC(C)(O)O.Clc1ncnc2cc[nH]c12.OCC1CCCN1. The van der Waals surface area contributed by atoms with Crippen molar-refractivity contribution in [1.29, 1.82) is 0 Å². The third-order valence-corrected chi connectivity index (χ3v) is 2.97. The van der Waals surface area contributed by atoms with Crippen molar-refractivity contribution in [1.82, 2.24) is 20.3 Å². The molecule has 3 rings (SSSR count). The van der Waals surface area contributed by atoms with Crippen LogP contribution >= 0.6 is 11.6 Å². The average molecular weight is 331 g/mol. The molecule has 0 radical (unpaired) electrons. The summed E-state index contributed by atoms with van der Waals surface area (Å²) < 4.78 is 0. The lowest BCUT2D eigenvalue weighted by Crippen LogP contribution is -2.24. The molecule has 5 N–H and O–H groups in total. The lowest BCUT2D eigenvalue weighted by Gasteiger charge is -2.03. The molecule has 8 heteroatoms.